The molecule has 0 radical (unpaired) electrons. The van der Waals surface area contributed by atoms with Crippen molar-refractivity contribution in [1.29, 1.82) is 0 Å². The van der Waals surface area contributed by atoms with Crippen LogP contribution in [0.5, 0.6) is 11.5 Å². The van der Waals surface area contributed by atoms with E-state index in [2.05, 4.69) is 40.2 Å². The average Bonchev–Trinajstić information content (AvgIpc) is 3.37. The first-order chi connectivity index (χ1) is 20.3. The standard InChI is InChI=1S/C34H31FN2O4S/c1-40-31-19-27-23(17-32(31)41-20-21-7-13-25(14-8-21)42(2,38)39)15-16-37-30(27)18-28-26-5-3-4-6-29(26)36-33(28)34(37)22-9-11-24(35)12-10-22/h3-14,17,19,30,34,36H,15-16,18,20H2,1-2H3. The Morgan fingerprint density at radius 2 is 1.74 bits per heavy atom. The number of hydrogen-bond acceptors (Lipinski definition) is 5. The number of H-pyrrole nitrogens is 1. The Hall–Kier alpha value is -4.14. The molecule has 3 heterocycles. The van der Waals surface area contributed by atoms with Crippen LogP contribution in [0, 0.1) is 5.82 Å². The van der Waals surface area contributed by atoms with Crippen molar-refractivity contribution in [2.45, 2.75) is 36.4 Å². The van der Waals surface area contributed by atoms with E-state index >= 15 is 0 Å². The smallest absolute Gasteiger partial charge is 0.175 e. The fraction of sp³-hybridized carbons (Fsp3) is 0.235. The molecule has 0 bridgehead atoms. The van der Waals surface area contributed by atoms with Crippen LogP contribution in [0.3, 0.4) is 0 Å². The first kappa shape index (κ1) is 26.7. The van der Waals surface area contributed by atoms with E-state index in [1.165, 1.54) is 34.0 Å². The van der Waals surface area contributed by atoms with Gasteiger partial charge in [0.05, 0.1) is 18.0 Å². The maximum Gasteiger partial charge on any atom is 0.175 e. The van der Waals surface area contributed by atoms with Gasteiger partial charge in [-0.05, 0) is 83.1 Å². The quantitative estimate of drug-likeness (QED) is 0.246. The molecule has 0 amide bonds. The summed E-state index contributed by atoms with van der Waals surface area (Å²) in [6, 6.07) is 26.3. The normalized spacial score (nSPS) is 18.3. The van der Waals surface area contributed by atoms with Gasteiger partial charge in [-0.3, -0.25) is 4.90 Å². The van der Waals surface area contributed by atoms with Gasteiger partial charge in [0.25, 0.3) is 0 Å². The Kier molecular flexibility index (Phi) is 6.55. The molecule has 8 heteroatoms. The Bertz CT molecular complexity index is 1900. The molecule has 1 N–H and O–H groups in total. The SMILES string of the molecule is COc1cc2c(cc1OCc1ccc(S(C)(=O)=O)cc1)CCN1C2Cc2c([nH]c3ccccc23)C1c1ccc(F)cc1. The average molecular weight is 583 g/mol. The van der Waals surface area contributed by atoms with Crippen LogP contribution in [0.25, 0.3) is 10.9 Å². The Morgan fingerprint density at radius 1 is 0.976 bits per heavy atom. The van der Waals surface area contributed by atoms with E-state index in [0.717, 1.165) is 36.0 Å². The van der Waals surface area contributed by atoms with Crippen LogP contribution in [0.4, 0.5) is 4.39 Å². The number of sulfone groups is 1. The van der Waals surface area contributed by atoms with Crippen LogP contribution >= 0.6 is 0 Å². The summed E-state index contributed by atoms with van der Waals surface area (Å²) in [5.41, 5.74) is 7.95. The van der Waals surface area contributed by atoms with Crippen LogP contribution < -0.4 is 9.47 Å². The van der Waals surface area contributed by atoms with E-state index in [9.17, 15) is 12.8 Å². The van der Waals surface area contributed by atoms with Gasteiger partial charge in [-0.25, -0.2) is 12.8 Å². The van der Waals surface area contributed by atoms with Crippen molar-refractivity contribution >= 4 is 20.7 Å². The Morgan fingerprint density at radius 3 is 2.48 bits per heavy atom. The van der Waals surface area contributed by atoms with Crippen LogP contribution in [0.15, 0.2) is 89.8 Å². The molecule has 7 rings (SSSR count). The molecule has 0 aliphatic carbocycles. The molecule has 2 atom stereocenters. The first-order valence-corrected chi connectivity index (χ1v) is 15.9. The molecule has 0 fully saturated rings. The van der Waals surface area contributed by atoms with E-state index in [0.29, 0.717) is 18.1 Å². The second-order valence-electron chi connectivity index (χ2n) is 11.1. The molecule has 6 nitrogen and oxygen atoms in total. The first-order valence-electron chi connectivity index (χ1n) is 14.0. The van der Waals surface area contributed by atoms with E-state index in [-0.39, 0.29) is 22.8 Å². The monoisotopic (exact) mass is 582 g/mol. The highest BCUT2D eigenvalue weighted by molar-refractivity contribution is 7.90. The van der Waals surface area contributed by atoms with Crippen LogP contribution in [0.1, 0.15) is 45.6 Å². The van der Waals surface area contributed by atoms with Gasteiger partial charge < -0.3 is 14.5 Å². The minimum atomic E-state index is -3.25. The number of methoxy groups -OCH3 is 1. The highest BCUT2D eigenvalue weighted by Gasteiger charge is 2.41. The number of fused-ring (bicyclic) bond motifs is 6. The van der Waals surface area contributed by atoms with Gasteiger partial charge in [0.1, 0.15) is 12.4 Å². The molecule has 4 aromatic carbocycles. The fourth-order valence-electron chi connectivity index (χ4n) is 6.57. The molecule has 214 valence electrons. The number of nitrogens with one attached hydrogen (secondary N) is 1. The summed E-state index contributed by atoms with van der Waals surface area (Å²) in [6.45, 7) is 1.13. The third kappa shape index (κ3) is 4.64. The van der Waals surface area contributed by atoms with Crippen molar-refractivity contribution in [1.82, 2.24) is 9.88 Å². The number of rotatable bonds is 6. The number of benzene rings is 4. The Balaban J connectivity index is 1.25. The van der Waals surface area contributed by atoms with Gasteiger partial charge in [-0.15, -0.1) is 0 Å². The third-order valence-electron chi connectivity index (χ3n) is 8.60. The minimum absolute atomic E-state index is 0.0308. The van der Waals surface area contributed by atoms with E-state index in [1.807, 2.05) is 18.2 Å². The molecule has 0 saturated heterocycles. The Labute approximate surface area is 244 Å². The van der Waals surface area contributed by atoms with E-state index in [1.54, 1.807) is 43.5 Å². The van der Waals surface area contributed by atoms with Crippen molar-refractivity contribution in [2.75, 3.05) is 19.9 Å². The lowest BCUT2D eigenvalue weighted by Gasteiger charge is -2.46. The number of ether oxygens (including phenoxy) is 2. The second-order valence-corrected chi connectivity index (χ2v) is 13.1. The van der Waals surface area contributed by atoms with Crippen molar-refractivity contribution in [3.63, 3.8) is 0 Å². The van der Waals surface area contributed by atoms with Crippen LogP contribution in [-0.4, -0.2) is 38.2 Å². The minimum Gasteiger partial charge on any atom is -0.493 e. The summed E-state index contributed by atoms with van der Waals surface area (Å²) < 4.78 is 49.6. The largest absolute Gasteiger partial charge is 0.493 e. The van der Waals surface area contributed by atoms with Crippen molar-refractivity contribution < 1.29 is 22.3 Å². The number of hydrogen-bond donors (Lipinski definition) is 1. The summed E-state index contributed by atoms with van der Waals surface area (Å²) in [5.74, 6) is 1.08. The maximum absolute atomic E-state index is 13.9. The molecule has 1 aromatic heterocycles. The van der Waals surface area contributed by atoms with Crippen LogP contribution in [-0.2, 0) is 29.3 Å². The molecule has 42 heavy (non-hydrogen) atoms. The van der Waals surface area contributed by atoms with E-state index < -0.39 is 9.84 Å². The summed E-state index contributed by atoms with van der Waals surface area (Å²) in [4.78, 5) is 6.51. The summed E-state index contributed by atoms with van der Waals surface area (Å²) in [6.07, 6.45) is 2.88. The molecule has 2 aliphatic rings. The highest BCUT2D eigenvalue weighted by atomic mass is 32.2. The topological polar surface area (TPSA) is 71.6 Å². The number of para-hydroxylation sites is 1. The third-order valence-corrected chi connectivity index (χ3v) is 9.73. The molecule has 2 unspecified atom stereocenters. The zero-order valence-corrected chi connectivity index (χ0v) is 24.2. The number of aromatic nitrogens is 1. The van der Waals surface area contributed by atoms with Gasteiger partial charge in [0, 0.05) is 35.4 Å². The molecule has 5 aromatic rings. The lowest BCUT2D eigenvalue weighted by Crippen LogP contribution is -2.43. The fourth-order valence-corrected chi connectivity index (χ4v) is 7.20. The highest BCUT2D eigenvalue weighted by Crippen LogP contribution is 2.49. The number of halogens is 1. The van der Waals surface area contributed by atoms with Crippen molar-refractivity contribution in [2.24, 2.45) is 0 Å². The van der Waals surface area contributed by atoms with Gasteiger partial charge in [0.15, 0.2) is 21.3 Å². The second kappa shape index (κ2) is 10.3. The summed E-state index contributed by atoms with van der Waals surface area (Å²) in [7, 11) is -1.60. The summed E-state index contributed by atoms with van der Waals surface area (Å²) >= 11 is 0. The predicted octanol–water partition coefficient (Wildman–Crippen LogP) is 6.54. The zero-order chi connectivity index (χ0) is 29.0. The molecule has 2 aliphatic heterocycles. The molecular weight excluding hydrogens is 551 g/mol. The molecular formula is C34H31FN2O4S. The molecule has 0 saturated carbocycles. The maximum atomic E-state index is 13.9. The lowest BCUT2D eigenvalue weighted by atomic mass is 9.80. The number of aromatic amines is 1. The van der Waals surface area contributed by atoms with E-state index in [4.69, 9.17) is 9.47 Å². The zero-order valence-electron chi connectivity index (χ0n) is 23.4. The number of nitrogens with zero attached hydrogens (tertiary/aromatic N) is 1. The van der Waals surface area contributed by atoms with Gasteiger partial charge in [-0.1, -0.05) is 42.5 Å². The van der Waals surface area contributed by atoms with Gasteiger partial charge >= 0.3 is 0 Å². The molecule has 0 spiro atoms. The van der Waals surface area contributed by atoms with Crippen LogP contribution in [0.2, 0.25) is 0 Å². The lowest BCUT2D eigenvalue weighted by molar-refractivity contribution is 0.127. The van der Waals surface area contributed by atoms with Gasteiger partial charge in [0.2, 0.25) is 0 Å². The predicted molar refractivity (Wildman–Crippen MR) is 160 cm³/mol. The van der Waals surface area contributed by atoms with Crippen molar-refractivity contribution in [3.8, 4) is 11.5 Å². The van der Waals surface area contributed by atoms with Crippen molar-refractivity contribution in [3.05, 3.63) is 124 Å². The summed E-state index contributed by atoms with van der Waals surface area (Å²) in [5, 5.41) is 1.22. The van der Waals surface area contributed by atoms with Gasteiger partial charge in [-0.2, -0.15) is 0 Å².